The molecule has 1 N–H and O–H groups in total. The Labute approximate surface area is 125 Å². The van der Waals surface area contributed by atoms with Crippen LogP contribution in [0.5, 0.6) is 0 Å². The summed E-state index contributed by atoms with van der Waals surface area (Å²) in [5.41, 5.74) is -0.930. The second-order valence-corrected chi connectivity index (χ2v) is 6.03. The van der Waals surface area contributed by atoms with Crippen molar-refractivity contribution >= 4 is 17.8 Å². The number of carbonyl (C=O) groups excluding carboxylic acids is 3. The van der Waals surface area contributed by atoms with Crippen molar-refractivity contribution in [1.29, 1.82) is 0 Å². The number of rotatable bonds is 7. The number of carbonyl (C=O) groups is 3. The number of nitrogens with one attached hydrogen (secondary N) is 1. The van der Waals surface area contributed by atoms with Gasteiger partial charge in [0, 0.05) is 6.04 Å². The molecule has 1 aliphatic heterocycles. The maximum Gasteiger partial charge on any atom is 0.331 e. The maximum absolute atomic E-state index is 12.4. The first-order valence-electron chi connectivity index (χ1n) is 7.87. The highest BCUT2D eigenvalue weighted by Crippen LogP contribution is 2.49. The Morgan fingerprint density at radius 3 is 2.38 bits per heavy atom. The molecular weight excluding hydrogens is 270 g/mol. The first-order valence-corrected chi connectivity index (χ1v) is 7.87. The molecule has 1 aliphatic carbocycles. The van der Waals surface area contributed by atoms with Crippen LogP contribution in [0.3, 0.4) is 0 Å². The van der Waals surface area contributed by atoms with Gasteiger partial charge in [0.05, 0.1) is 0 Å². The molecule has 6 nitrogen and oxygen atoms in total. The van der Waals surface area contributed by atoms with Crippen LogP contribution >= 0.6 is 0 Å². The highest BCUT2D eigenvalue weighted by Gasteiger charge is 2.62. The lowest BCUT2D eigenvalue weighted by atomic mass is 9.99. The number of urea groups is 1. The van der Waals surface area contributed by atoms with Crippen molar-refractivity contribution in [1.82, 2.24) is 15.1 Å². The summed E-state index contributed by atoms with van der Waals surface area (Å²) in [4.78, 5) is 39.7. The van der Waals surface area contributed by atoms with Gasteiger partial charge in [-0.1, -0.05) is 13.8 Å². The van der Waals surface area contributed by atoms with Gasteiger partial charge in [-0.05, 0) is 52.2 Å². The average molecular weight is 295 g/mol. The third-order valence-corrected chi connectivity index (χ3v) is 4.68. The standard InChI is InChI=1S/C15H25N3O3/c1-4-17(5-2)10-6-7-11(3)18-13(20)15(8-9-15)12(19)16-14(18)21/h11H,4-10H2,1-3H3,(H,16,19,21). The summed E-state index contributed by atoms with van der Waals surface area (Å²) in [6.07, 6.45) is 2.82. The number of hydrogen-bond acceptors (Lipinski definition) is 4. The van der Waals surface area contributed by atoms with Crippen LogP contribution in [0.25, 0.3) is 0 Å². The molecule has 1 heterocycles. The topological polar surface area (TPSA) is 69.7 Å². The Hall–Kier alpha value is -1.43. The van der Waals surface area contributed by atoms with Crippen LogP contribution in [-0.2, 0) is 9.59 Å². The molecule has 0 aromatic heterocycles. The molecule has 0 aromatic rings. The zero-order valence-corrected chi connectivity index (χ0v) is 13.1. The second-order valence-electron chi connectivity index (χ2n) is 6.03. The molecule has 0 aromatic carbocycles. The van der Waals surface area contributed by atoms with Crippen LogP contribution in [0, 0.1) is 5.41 Å². The first kappa shape index (κ1) is 15.9. The van der Waals surface area contributed by atoms with Crippen LogP contribution in [0.15, 0.2) is 0 Å². The molecule has 2 rings (SSSR count). The van der Waals surface area contributed by atoms with Crippen molar-refractivity contribution in [3.05, 3.63) is 0 Å². The SMILES string of the molecule is CCN(CC)CCCC(C)N1C(=O)NC(=O)C2(CC2)C1=O. The smallest absolute Gasteiger partial charge is 0.304 e. The van der Waals surface area contributed by atoms with Crippen molar-refractivity contribution in [2.24, 2.45) is 5.41 Å². The normalized spacial score (nSPS) is 21.9. The molecule has 1 spiro atoms. The molecule has 0 bridgehead atoms. The van der Waals surface area contributed by atoms with Gasteiger partial charge in [0.2, 0.25) is 11.8 Å². The fourth-order valence-electron chi connectivity index (χ4n) is 2.94. The fourth-order valence-corrected chi connectivity index (χ4v) is 2.94. The Morgan fingerprint density at radius 1 is 1.24 bits per heavy atom. The van der Waals surface area contributed by atoms with Crippen LogP contribution in [0.1, 0.15) is 46.5 Å². The molecule has 1 saturated carbocycles. The minimum atomic E-state index is -0.930. The highest BCUT2D eigenvalue weighted by molar-refractivity contribution is 6.21. The van der Waals surface area contributed by atoms with Crippen molar-refractivity contribution in [3.8, 4) is 0 Å². The number of barbiturate groups is 1. The summed E-state index contributed by atoms with van der Waals surface area (Å²) >= 11 is 0. The summed E-state index contributed by atoms with van der Waals surface area (Å²) in [5, 5.41) is 2.33. The van der Waals surface area contributed by atoms with Crippen molar-refractivity contribution in [3.63, 3.8) is 0 Å². The van der Waals surface area contributed by atoms with Gasteiger partial charge < -0.3 is 4.90 Å². The summed E-state index contributed by atoms with van der Waals surface area (Å²) < 4.78 is 0. The predicted octanol–water partition coefficient (Wildman–Crippen LogP) is 1.36. The van der Waals surface area contributed by atoms with E-state index in [2.05, 4.69) is 24.1 Å². The Balaban J connectivity index is 1.92. The predicted molar refractivity (Wildman–Crippen MR) is 78.5 cm³/mol. The highest BCUT2D eigenvalue weighted by atomic mass is 16.2. The molecule has 6 heteroatoms. The van der Waals surface area contributed by atoms with Gasteiger partial charge >= 0.3 is 6.03 Å². The quantitative estimate of drug-likeness (QED) is 0.720. The van der Waals surface area contributed by atoms with Gasteiger partial charge in [0.15, 0.2) is 0 Å². The molecule has 4 amide bonds. The third kappa shape index (κ3) is 2.95. The number of imide groups is 2. The van der Waals surface area contributed by atoms with E-state index in [0.717, 1.165) is 32.5 Å². The molecule has 1 saturated heterocycles. The summed E-state index contributed by atoms with van der Waals surface area (Å²) in [6, 6.07) is -0.725. The van der Waals surface area contributed by atoms with Crippen LogP contribution in [-0.4, -0.2) is 53.3 Å². The second kappa shape index (κ2) is 6.13. The van der Waals surface area contributed by atoms with Crippen molar-refractivity contribution in [2.75, 3.05) is 19.6 Å². The van der Waals surface area contributed by atoms with Gasteiger partial charge in [-0.15, -0.1) is 0 Å². The zero-order valence-electron chi connectivity index (χ0n) is 13.1. The van der Waals surface area contributed by atoms with Crippen LogP contribution in [0.2, 0.25) is 0 Å². The van der Waals surface area contributed by atoms with E-state index in [-0.39, 0.29) is 11.9 Å². The fraction of sp³-hybridized carbons (Fsp3) is 0.800. The van der Waals surface area contributed by atoms with Crippen molar-refractivity contribution < 1.29 is 14.4 Å². The van der Waals surface area contributed by atoms with Gasteiger partial charge in [-0.2, -0.15) is 0 Å². The van der Waals surface area contributed by atoms with E-state index in [0.29, 0.717) is 12.8 Å². The summed E-state index contributed by atoms with van der Waals surface area (Å²) in [7, 11) is 0. The van der Waals surface area contributed by atoms with E-state index in [1.165, 1.54) is 4.90 Å². The Kier molecular flexibility index (Phi) is 4.66. The number of hydrogen-bond donors (Lipinski definition) is 1. The van der Waals surface area contributed by atoms with Crippen LogP contribution in [0.4, 0.5) is 4.79 Å². The number of nitrogens with zero attached hydrogens (tertiary/aromatic N) is 2. The third-order valence-electron chi connectivity index (χ3n) is 4.68. The lowest BCUT2D eigenvalue weighted by molar-refractivity contribution is -0.146. The largest absolute Gasteiger partial charge is 0.331 e. The average Bonchev–Trinajstić information content (AvgIpc) is 3.23. The summed E-state index contributed by atoms with van der Waals surface area (Å²) in [6.45, 7) is 9.10. The van der Waals surface area contributed by atoms with E-state index < -0.39 is 17.4 Å². The minimum Gasteiger partial charge on any atom is -0.304 e. The molecule has 1 atom stereocenters. The van der Waals surface area contributed by atoms with E-state index in [1.807, 2.05) is 6.92 Å². The van der Waals surface area contributed by atoms with Gasteiger partial charge in [-0.3, -0.25) is 19.8 Å². The van der Waals surface area contributed by atoms with Crippen molar-refractivity contribution in [2.45, 2.75) is 52.5 Å². The number of amides is 4. The molecule has 118 valence electrons. The molecule has 21 heavy (non-hydrogen) atoms. The van der Waals surface area contributed by atoms with Crippen LogP contribution < -0.4 is 5.32 Å². The molecule has 2 aliphatic rings. The molecular formula is C15H25N3O3. The monoisotopic (exact) mass is 295 g/mol. The van der Waals surface area contributed by atoms with Gasteiger partial charge in [-0.25, -0.2) is 4.79 Å². The minimum absolute atomic E-state index is 0.168. The summed E-state index contributed by atoms with van der Waals surface area (Å²) in [5.74, 6) is -0.712. The van der Waals surface area contributed by atoms with Gasteiger partial charge in [0.1, 0.15) is 5.41 Å². The zero-order chi connectivity index (χ0) is 15.6. The van der Waals surface area contributed by atoms with Gasteiger partial charge in [0.25, 0.3) is 0 Å². The Morgan fingerprint density at radius 2 is 1.86 bits per heavy atom. The van der Waals surface area contributed by atoms with E-state index in [4.69, 9.17) is 0 Å². The first-order chi connectivity index (χ1) is 9.96. The van der Waals surface area contributed by atoms with E-state index in [1.54, 1.807) is 0 Å². The molecule has 0 radical (unpaired) electrons. The van der Waals surface area contributed by atoms with E-state index >= 15 is 0 Å². The molecule has 2 fully saturated rings. The Bertz CT molecular complexity index is 441. The maximum atomic E-state index is 12.4. The van der Waals surface area contributed by atoms with E-state index in [9.17, 15) is 14.4 Å². The lowest BCUT2D eigenvalue weighted by Crippen LogP contribution is -2.61. The lowest BCUT2D eigenvalue weighted by Gasteiger charge is -2.34. The molecule has 1 unspecified atom stereocenters.